The Morgan fingerprint density at radius 3 is 2.86 bits per heavy atom. The summed E-state index contributed by atoms with van der Waals surface area (Å²) in [6.45, 7) is 6.12. The van der Waals surface area contributed by atoms with Crippen LogP contribution in [0.15, 0.2) is 0 Å². The number of sulfonamides is 1. The number of nitrogens with one attached hydrogen (secondary N) is 1. The molecular formula is C9H20N2O2S. The van der Waals surface area contributed by atoms with Crippen LogP contribution in [-0.2, 0) is 10.0 Å². The second-order valence-corrected chi connectivity index (χ2v) is 5.97. The van der Waals surface area contributed by atoms with Gasteiger partial charge in [-0.05, 0) is 26.3 Å². The Morgan fingerprint density at radius 2 is 2.21 bits per heavy atom. The van der Waals surface area contributed by atoms with Gasteiger partial charge in [0.15, 0.2) is 0 Å². The molecule has 1 unspecified atom stereocenters. The molecule has 1 atom stereocenters. The van der Waals surface area contributed by atoms with Crippen LogP contribution < -0.4 is 5.32 Å². The minimum absolute atomic E-state index is 0.268. The average Bonchev–Trinajstić information content (AvgIpc) is 2.30. The molecule has 0 saturated carbocycles. The Bertz CT molecular complexity index is 264. The van der Waals surface area contributed by atoms with Crippen LogP contribution in [0.2, 0.25) is 0 Å². The molecule has 1 heterocycles. The molecule has 0 aliphatic carbocycles. The Morgan fingerprint density at radius 1 is 1.50 bits per heavy atom. The third-order valence-electron chi connectivity index (χ3n) is 2.41. The van der Waals surface area contributed by atoms with Crippen molar-refractivity contribution in [1.82, 2.24) is 9.62 Å². The SMILES string of the molecule is CCCS(=O)(=O)N1CCCNC(C)C1. The quantitative estimate of drug-likeness (QED) is 0.749. The molecule has 0 spiro atoms. The zero-order chi connectivity index (χ0) is 10.6. The Hall–Kier alpha value is -0.130. The van der Waals surface area contributed by atoms with Gasteiger partial charge in [0.05, 0.1) is 5.75 Å². The van der Waals surface area contributed by atoms with Gasteiger partial charge in [0.2, 0.25) is 10.0 Å². The Labute approximate surface area is 86.7 Å². The lowest BCUT2D eigenvalue weighted by Gasteiger charge is -2.21. The van der Waals surface area contributed by atoms with Crippen LogP contribution in [0.1, 0.15) is 26.7 Å². The van der Waals surface area contributed by atoms with Crippen LogP contribution >= 0.6 is 0 Å². The van der Waals surface area contributed by atoms with Gasteiger partial charge in [-0.1, -0.05) is 6.92 Å². The molecule has 1 saturated heterocycles. The van der Waals surface area contributed by atoms with Crippen molar-refractivity contribution in [3.05, 3.63) is 0 Å². The maximum absolute atomic E-state index is 11.8. The summed E-state index contributed by atoms with van der Waals surface area (Å²) >= 11 is 0. The largest absolute Gasteiger partial charge is 0.313 e. The molecule has 84 valence electrons. The van der Waals surface area contributed by atoms with E-state index in [4.69, 9.17) is 0 Å². The van der Waals surface area contributed by atoms with Crippen LogP contribution in [0.3, 0.4) is 0 Å². The smallest absolute Gasteiger partial charge is 0.214 e. The molecule has 4 nitrogen and oxygen atoms in total. The van der Waals surface area contributed by atoms with E-state index in [1.54, 1.807) is 4.31 Å². The van der Waals surface area contributed by atoms with Gasteiger partial charge in [-0.3, -0.25) is 0 Å². The van der Waals surface area contributed by atoms with Gasteiger partial charge in [0, 0.05) is 19.1 Å². The highest BCUT2D eigenvalue weighted by Crippen LogP contribution is 2.08. The topological polar surface area (TPSA) is 49.4 Å². The van der Waals surface area contributed by atoms with E-state index in [2.05, 4.69) is 5.32 Å². The van der Waals surface area contributed by atoms with Gasteiger partial charge in [-0.2, -0.15) is 0 Å². The van der Waals surface area contributed by atoms with E-state index in [0.29, 0.717) is 19.5 Å². The van der Waals surface area contributed by atoms with Gasteiger partial charge in [0.1, 0.15) is 0 Å². The van der Waals surface area contributed by atoms with Crippen LogP contribution in [0, 0.1) is 0 Å². The first-order valence-electron chi connectivity index (χ1n) is 5.27. The molecule has 14 heavy (non-hydrogen) atoms. The lowest BCUT2D eigenvalue weighted by atomic mass is 10.3. The summed E-state index contributed by atoms with van der Waals surface area (Å²) in [6, 6.07) is 0.268. The molecule has 5 heteroatoms. The van der Waals surface area contributed by atoms with Crippen LogP contribution in [0.5, 0.6) is 0 Å². The van der Waals surface area contributed by atoms with Gasteiger partial charge >= 0.3 is 0 Å². The summed E-state index contributed by atoms with van der Waals surface area (Å²) in [6.07, 6.45) is 1.61. The molecule has 0 radical (unpaired) electrons. The fraction of sp³-hybridized carbons (Fsp3) is 1.00. The zero-order valence-electron chi connectivity index (χ0n) is 8.99. The van der Waals surface area contributed by atoms with Crippen molar-refractivity contribution >= 4 is 10.0 Å². The van der Waals surface area contributed by atoms with E-state index in [1.807, 2.05) is 13.8 Å². The summed E-state index contributed by atoms with van der Waals surface area (Å²) in [5.74, 6) is 0.277. The lowest BCUT2D eigenvalue weighted by molar-refractivity contribution is 0.403. The maximum atomic E-state index is 11.8. The molecule has 0 bridgehead atoms. The standard InChI is InChI=1S/C9H20N2O2S/c1-3-7-14(12,13)11-6-4-5-10-9(2)8-11/h9-10H,3-8H2,1-2H3. The van der Waals surface area contributed by atoms with E-state index in [0.717, 1.165) is 13.0 Å². The minimum atomic E-state index is -3.00. The molecule has 1 rings (SSSR count). The fourth-order valence-electron chi connectivity index (χ4n) is 1.70. The second kappa shape index (κ2) is 5.09. The summed E-state index contributed by atoms with van der Waals surface area (Å²) in [5.41, 5.74) is 0. The predicted molar refractivity (Wildman–Crippen MR) is 57.7 cm³/mol. The van der Waals surface area contributed by atoms with Crippen molar-refractivity contribution < 1.29 is 8.42 Å². The minimum Gasteiger partial charge on any atom is -0.313 e. The van der Waals surface area contributed by atoms with Gasteiger partial charge in [0.25, 0.3) is 0 Å². The van der Waals surface area contributed by atoms with Gasteiger partial charge < -0.3 is 5.32 Å². The molecular weight excluding hydrogens is 200 g/mol. The van der Waals surface area contributed by atoms with Crippen molar-refractivity contribution in [2.75, 3.05) is 25.4 Å². The molecule has 1 aliphatic rings. The van der Waals surface area contributed by atoms with E-state index >= 15 is 0 Å². The first-order valence-corrected chi connectivity index (χ1v) is 6.88. The summed E-state index contributed by atoms with van der Waals surface area (Å²) < 4.78 is 25.2. The van der Waals surface area contributed by atoms with Crippen molar-refractivity contribution in [3.8, 4) is 0 Å². The molecule has 0 aromatic carbocycles. The van der Waals surface area contributed by atoms with Crippen molar-refractivity contribution in [2.45, 2.75) is 32.7 Å². The highest BCUT2D eigenvalue weighted by atomic mass is 32.2. The first kappa shape index (κ1) is 11.9. The van der Waals surface area contributed by atoms with Crippen LogP contribution in [0.25, 0.3) is 0 Å². The zero-order valence-corrected chi connectivity index (χ0v) is 9.81. The monoisotopic (exact) mass is 220 g/mol. The second-order valence-electron chi connectivity index (χ2n) is 3.88. The average molecular weight is 220 g/mol. The summed E-state index contributed by atoms with van der Waals surface area (Å²) in [4.78, 5) is 0. The van der Waals surface area contributed by atoms with E-state index in [-0.39, 0.29) is 11.8 Å². The predicted octanol–water partition coefficient (Wildman–Crippen LogP) is 0.410. The van der Waals surface area contributed by atoms with Crippen LogP contribution in [-0.4, -0.2) is 44.2 Å². The van der Waals surface area contributed by atoms with Crippen LogP contribution in [0.4, 0.5) is 0 Å². The van der Waals surface area contributed by atoms with E-state index in [9.17, 15) is 8.42 Å². The summed E-state index contributed by atoms with van der Waals surface area (Å²) in [5, 5.41) is 3.28. The Kier molecular flexibility index (Phi) is 4.34. The molecule has 0 aromatic heterocycles. The highest BCUT2D eigenvalue weighted by Gasteiger charge is 2.24. The van der Waals surface area contributed by atoms with Crippen molar-refractivity contribution in [1.29, 1.82) is 0 Å². The lowest BCUT2D eigenvalue weighted by Crippen LogP contribution is -2.39. The number of hydrogen-bond donors (Lipinski definition) is 1. The third-order valence-corrected chi connectivity index (χ3v) is 4.45. The fourth-order valence-corrected chi connectivity index (χ4v) is 3.34. The van der Waals surface area contributed by atoms with Crippen molar-refractivity contribution in [3.63, 3.8) is 0 Å². The third kappa shape index (κ3) is 3.22. The van der Waals surface area contributed by atoms with Gasteiger partial charge in [-0.25, -0.2) is 12.7 Å². The van der Waals surface area contributed by atoms with E-state index < -0.39 is 10.0 Å². The molecule has 0 aromatic rings. The number of hydrogen-bond acceptors (Lipinski definition) is 3. The first-order chi connectivity index (χ1) is 6.56. The maximum Gasteiger partial charge on any atom is 0.214 e. The molecule has 1 fully saturated rings. The molecule has 1 aliphatic heterocycles. The molecule has 0 amide bonds. The Balaban J connectivity index is 2.65. The van der Waals surface area contributed by atoms with Crippen molar-refractivity contribution in [2.24, 2.45) is 0 Å². The van der Waals surface area contributed by atoms with E-state index in [1.165, 1.54) is 0 Å². The number of rotatable bonds is 3. The highest BCUT2D eigenvalue weighted by molar-refractivity contribution is 7.89. The summed E-state index contributed by atoms with van der Waals surface area (Å²) in [7, 11) is -3.00. The van der Waals surface area contributed by atoms with Gasteiger partial charge in [-0.15, -0.1) is 0 Å². The normalized spacial score (nSPS) is 26.0. The molecule has 1 N–H and O–H groups in total. The number of nitrogens with zero attached hydrogens (tertiary/aromatic N) is 1.